The summed E-state index contributed by atoms with van der Waals surface area (Å²) in [6.07, 6.45) is 0.801. The van der Waals surface area contributed by atoms with Gasteiger partial charge in [-0.05, 0) is 43.2 Å². The van der Waals surface area contributed by atoms with Gasteiger partial charge in [-0.1, -0.05) is 36.4 Å². The van der Waals surface area contributed by atoms with Crippen molar-refractivity contribution in [1.29, 1.82) is 5.26 Å². The molecule has 162 valence electrons. The van der Waals surface area contributed by atoms with Crippen LogP contribution in [0.25, 0.3) is 6.08 Å². The third-order valence-electron chi connectivity index (χ3n) is 4.33. The summed E-state index contributed by atoms with van der Waals surface area (Å²) >= 11 is 0. The fourth-order valence-corrected chi connectivity index (χ4v) is 2.77. The minimum absolute atomic E-state index is 0.0248. The maximum absolute atomic E-state index is 12.4. The van der Waals surface area contributed by atoms with Crippen LogP contribution in [-0.2, 0) is 16.1 Å². The molecule has 7 nitrogen and oxygen atoms in total. The molecule has 2 rings (SSSR count). The molecule has 0 fully saturated rings. The summed E-state index contributed by atoms with van der Waals surface area (Å²) in [7, 11) is 3.32. The molecule has 2 aromatic rings. The molecule has 1 atom stereocenters. The van der Waals surface area contributed by atoms with Crippen molar-refractivity contribution >= 4 is 17.9 Å². The standard InChI is InChI=1S/C24H27N3O4/c1-5-30-22-14-19(11-12-21(22)31-17(2)24(29)27(3)4)13-20(15-25)23(28)26-16-18-9-7-6-8-10-18/h6-14,17H,5,16H2,1-4H3,(H,26,28)/b20-13+. The van der Waals surface area contributed by atoms with Crippen LogP contribution < -0.4 is 14.8 Å². The van der Waals surface area contributed by atoms with Crippen LogP contribution in [0.5, 0.6) is 11.5 Å². The number of carbonyl (C=O) groups is 2. The summed E-state index contributed by atoms with van der Waals surface area (Å²) < 4.78 is 11.4. The third-order valence-corrected chi connectivity index (χ3v) is 4.33. The zero-order valence-electron chi connectivity index (χ0n) is 18.2. The topological polar surface area (TPSA) is 91.7 Å². The number of carbonyl (C=O) groups excluding carboxylic acids is 2. The highest BCUT2D eigenvalue weighted by molar-refractivity contribution is 6.01. The summed E-state index contributed by atoms with van der Waals surface area (Å²) in [5, 5.41) is 12.2. The van der Waals surface area contributed by atoms with Crippen LogP contribution in [0.3, 0.4) is 0 Å². The van der Waals surface area contributed by atoms with Gasteiger partial charge in [-0.3, -0.25) is 9.59 Å². The Morgan fingerprint density at radius 1 is 1.16 bits per heavy atom. The molecule has 0 saturated heterocycles. The van der Waals surface area contributed by atoms with Gasteiger partial charge in [-0.2, -0.15) is 5.26 Å². The summed E-state index contributed by atoms with van der Waals surface area (Å²) in [5.41, 5.74) is 1.52. The summed E-state index contributed by atoms with van der Waals surface area (Å²) in [4.78, 5) is 25.9. The molecule has 0 saturated carbocycles. The summed E-state index contributed by atoms with van der Waals surface area (Å²) in [5.74, 6) is 0.202. The average Bonchev–Trinajstić information content (AvgIpc) is 2.77. The first-order valence-electron chi connectivity index (χ1n) is 9.94. The van der Waals surface area contributed by atoms with E-state index in [0.29, 0.717) is 30.2 Å². The molecule has 0 spiro atoms. The van der Waals surface area contributed by atoms with Gasteiger partial charge in [0.1, 0.15) is 11.6 Å². The lowest BCUT2D eigenvalue weighted by molar-refractivity contribution is -0.135. The first-order chi connectivity index (χ1) is 14.8. The largest absolute Gasteiger partial charge is 0.490 e. The number of hydrogen-bond donors (Lipinski definition) is 1. The van der Waals surface area contributed by atoms with Crippen LogP contribution in [0.4, 0.5) is 0 Å². The van der Waals surface area contributed by atoms with Crippen molar-refractivity contribution in [2.24, 2.45) is 0 Å². The van der Waals surface area contributed by atoms with Crippen molar-refractivity contribution in [3.8, 4) is 17.6 Å². The monoisotopic (exact) mass is 421 g/mol. The minimum atomic E-state index is -0.686. The lowest BCUT2D eigenvalue weighted by Gasteiger charge is -2.20. The van der Waals surface area contributed by atoms with Crippen LogP contribution in [0.15, 0.2) is 54.1 Å². The number of ether oxygens (including phenoxy) is 2. The Bertz CT molecular complexity index is 978. The van der Waals surface area contributed by atoms with Crippen molar-refractivity contribution in [3.63, 3.8) is 0 Å². The molecule has 1 unspecified atom stereocenters. The van der Waals surface area contributed by atoms with E-state index in [1.165, 1.54) is 11.0 Å². The molecule has 2 aromatic carbocycles. The van der Waals surface area contributed by atoms with Gasteiger partial charge in [0.15, 0.2) is 17.6 Å². The maximum atomic E-state index is 12.4. The Labute approximate surface area is 182 Å². The van der Waals surface area contributed by atoms with Crippen LogP contribution in [0, 0.1) is 11.3 Å². The number of nitriles is 1. The van der Waals surface area contributed by atoms with E-state index >= 15 is 0 Å². The van der Waals surface area contributed by atoms with Crippen molar-refractivity contribution in [3.05, 3.63) is 65.2 Å². The predicted molar refractivity (Wildman–Crippen MR) is 118 cm³/mol. The molecular weight excluding hydrogens is 394 g/mol. The zero-order valence-corrected chi connectivity index (χ0v) is 18.2. The number of nitrogens with one attached hydrogen (secondary N) is 1. The second kappa shape index (κ2) is 11.4. The highest BCUT2D eigenvalue weighted by Crippen LogP contribution is 2.30. The Kier molecular flexibility index (Phi) is 8.64. The molecule has 0 aliphatic heterocycles. The molecule has 0 aliphatic rings. The van der Waals surface area contributed by atoms with E-state index in [-0.39, 0.29) is 11.5 Å². The van der Waals surface area contributed by atoms with E-state index in [9.17, 15) is 14.9 Å². The van der Waals surface area contributed by atoms with Gasteiger partial charge < -0.3 is 19.7 Å². The minimum Gasteiger partial charge on any atom is -0.490 e. The van der Waals surface area contributed by atoms with Crippen LogP contribution >= 0.6 is 0 Å². The van der Waals surface area contributed by atoms with Gasteiger partial charge in [-0.25, -0.2) is 0 Å². The molecule has 31 heavy (non-hydrogen) atoms. The Hall–Kier alpha value is -3.79. The lowest BCUT2D eigenvalue weighted by atomic mass is 10.1. The normalized spacial score (nSPS) is 11.8. The predicted octanol–water partition coefficient (Wildman–Crippen LogP) is 3.16. The van der Waals surface area contributed by atoms with E-state index < -0.39 is 12.0 Å². The SMILES string of the molecule is CCOc1cc(/C=C(\C#N)C(=O)NCc2ccccc2)ccc1OC(C)C(=O)N(C)C. The fraction of sp³-hybridized carbons (Fsp3) is 0.292. The number of likely N-dealkylation sites (N-methyl/N-ethyl adjacent to an activating group) is 1. The smallest absolute Gasteiger partial charge is 0.262 e. The second-order valence-electron chi connectivity index (χ2n) is 6.97. The molecule has 0 bridgehead atoms. The zero-order chi connectivity index (χ0) is 22.8. The van der Waals surface area contributed by atoms with Gasteiger partial charge in [0.2, 0.25) is 0 Å². The van der Waals surface area contributed by atoms with Crippen molar-refractivity contribution in [1.82, 2.24) is 10.2 Å². The van der Waals surface area contributed by atoms with Crippen LogP contribution in [0.2, 0.25) is 0 Å². The lowest BCUT2D eigenvalue weighted by Crippen LogP contribution is -2.35. The molecule has 2 amide bonds. The van der Waals surface area contributed by atoms with Gasteiger partial charge in [0.25, 0.3) is 11.8 Å². The Morgan fingerprint density at radius 2 is 1.87 bits per heavy atom. The fourth-order valence-electron chi connectivity index (χ4n) is 2.77. The van der Waals surface area contributed by atoms with Crippen molar-refractivity contribution < 1.29 is 19.1 Å². The highest BCUT2D eigenvalue weighted by Gasteiger charge is 2.19. The average molecular weight is 421 g/mol. The molecule has 0 aliphatic carbocycles. The number of nitrogens with zero attached hydrogens (tertiary/aromatic N) is 2. The molecule has 0 radical (unpaired) electrons. The van der Waals surface area contributed by atoms with E-state index in [1.54, 1.807) is 39.2 Å². The summed E-state index contributed by atoms with van der Waals surface area (Å²) in [6, 6.07) is 16.4. The van der Waals surface area contributed by atoms with Crippen LogP contribution in [0.1, 0.15) is 25.0 Å². The van der Waals surface area contributed by atoms with Gasteiger partial charge in [-0.15, -0.1) is 0 Å². The highest BCUT2D eigenvalue weighted by atomic mass is 16.5. The second-order valence-corrected chi connectivity index (χ2v) is 6.97. The molecule has 1 N–H and O–H groups in total. The van der Waals surface area contributed by atoms with Crippen molar-refractivity contribution in [2.45, 2.75) is 26.5 Å². The van der Waals surface area contributed by atoms with E-state index in [0.717, 1.165) is 5.56 Å². The quantitative estimate of drug-likeness (QED) is 0.496. The molecule has 7 heteroatoms. The first kappa shape index (κ1) is 23.5. The van der Waals surface area contributed by atoms with Gasteiger partial charge in [0, 0.05) is 20.6 Å². The van der Waals surface area contributed by atoms with Gasteiger partial charge >= 0.3 is 0 Å². The maximum Gasteiger partial charge on any atom is 0.262 e. The van der Waals surface area contributed by atoms with Gasteiger partial charge in [0.05, 0.1) is 6.61 Å². The number of rotatable bonds is 9. The molecular formula is C24H27N3O4. The van der Waals surface area contributed by atoms with E-state index in [1.807, 2.05) is 43.3 Å². The summed E-state index contributed by atoms with van der Waals surface area (Å²) in [6.45, 7) is 4.21. The first-order valence-corrected chi connectivity index (χ1v) is 9.94. The Balaban J connectivity index is 2.18. The number of amides is 2. The Morgan fingerprint density at radius 3 is 2.48 bits per heavy atom. The molecule has 0 aromatic heterocycles. The van der Waals surface area contributed by atoms with Crippen molar-refractivity contribution in [2.75, 3.05) is 20.7 Å². The number of benzene rings is 2. The molecule has 0 heterocycles. The van der Waals surface area contributed by atoms with E-state index in [4.69, 9.17) is 9.47 Å². The number of hydrogen-bond acceptors (Lipinski definition) is 5. The third kappa shape index (κ3) is 6.89. The van der Waals surface area contributed by atoms with E-state index in [2.05, 4.69) is 5.32 Å². The van der Waals surface area contributed by atoms with Crippen LogP contribution in [-0.4, -0.2) is 43.5 Å².